The van der Waals surface area contributed by atoms with Crippen LogP contribution in [0.2, 0.25) is 0 Å². The number of benzene rings is 2. The van der Waals surface area contributed by atoms with Gasteiger partial charge in [0, 0.05) is 18.7 Å². The number of amides is 1. The first-order chi connectivity index (χ1) is 16.0. The Morgan fingerprint density at radius 1 is 1.15 bits per heavy atom. The summed E-state index contributed by atoms with van der Waals surface area (Å²) in [6.45, 7) is 3.67. The molecule has 3 rings (SSSR count). The maximum absolute atomic E-state index is 13.7. The number of hydrogen-bond donors (Lipinski definition) is 0. The zero-order chi connectivity index (χ0) is 25.0. The van der Waals surface area contributed by atoms with Crippen LogP contribution < -0.4 is 9.04 Å². The summed E-state index contributed by atoms with van der Waals surface area (Å²) in [6, 6.07) is 8.42. The first-order valence-electron chi connectivity index (χ1n) is 10.3. The number of hydrogen-bond acceptors (Lipinski definition) is 7. The summed E-state index contributed by atoms with van der Waals surface area (Å²) in [7, 11) is -2.57. The minimum Gasteiger partial charge on any atom is -0.494 e. The lowest BCUT2D eigenvalue weighted by Crippen LogP contribution is -2.48. The third kappa shape index (κ3) is 5.68. The molecule has 34 heavy (non-hydrogen) atoms. The number of aromatic nitrogens is 2. The second kappa shape index (κ2) is 10.2. The van der Waals surface area contributed by atoms with Crippen molar-refractivity contribution in [1.29, 1.82) is 0 Å². The molecule has 0 saturated carbocycles. The van der Waals surface area contributed by atoms with Crippen LogP contribution in [0.1, 0.15) is 19.7 Å². The maximum atomic E-state index is 13.7. The smallest absolute Gasteiger partial charge is 0.246 e. The summed E-state index contributed by atoms with van der Waals surface area (Å²) in [6.07, 6.45) is 0.874. The molecule has 1 heterocycles. The highest BCUT2D eigenvalue weighted by Crippen LogP contribution is 2.24. The van der Waals surface area contributed by atoms with Crippen LogP contribution in [0.3, 0.4) is 0 Å². The fraction of sp³-hybridized carbons (Fsp3) is 0.318. The van der Waals surface area contributed by atoms with Crippen LogP contribution in [0, 0.1) is 11.6 Å². The van der Waals surface area contributed by atoms with Gasteiger partial charge in [-0.05, 0) is 50.2 Å². The van der Waals surface area contributed by atoms with Gasteiger partial charge in [0.25, 0.3) is 0 Å². The molecule has 0 saturated heterocycles. The van der Waals surface area contributed by atoms with E-state index in [1.54, 1.807) is 24.3 Å². The second-order valence-electron chi connectivity index (χ2n) is 7.50. The molecular weight excluding hydrogens is 470 g/mol. The zero-order valence-electron chi connectivity index (χ0n) is 19.0. The van der Waals surface area contributed by atoms with Crippen LogP contribution in [0.4, 0.5) is 14.5 Å². The van der Waals surface area contributed by atoms with E-state index in [1.165, 1.54) is 18.9 Å². The monoisotopic (exact) mass is 494 g/mol. The van der Waals surface area contributed by atoms with Crippen molar-refractivity contribution in [3.8, 4) is 17.1 Å². The summed E-state index contributed by atoms with van der Waals surface area (Å²) in [5.74, 6) is -1.83. The average molecular weight is 495 g/mol. The minimum atomic E-state index is -4.00. The lowest BCUT2D eigenvalue weighted by atomic mass is 10.2. The van der Waals surface area contributed by atoms with E-state index in [0.717, 1.165) is 28.8 Å². The molecule has 0 unspecified atom stereocenters. The summed E-state index contributed by atoms with van der Waals surface area (Å²) in [4.78, 5) is 18.5. The molecule has 0 aliphatic rings. The molecule has 1 aromatic heterocycles. The van der Waals surface area contributed by atoms with Crippen LogP contribution in [0.5, 0.6) is 5.75 Å². The van der Waals surface area contributed by atoms with E-state index in [4.69, 9.17) is 9.26 Å². The quantitative estimate of drug-likeness (QED) is 0.450. The Balaban J connectivity index is 1.75. The third-order valence-corrected chi connectivity index (χ3v) is 6.11. The van der Waals surface area contributed by atoms with Gasteiger partial charge in [-0.1, -0.05) is 5.16 Å². The van der Waals surface area contributed by atoms with Gasteiger partial charge in [-0.25, -0.2) is 17.2 Å². The Bertz CT molecular complexity index is 1260. The molecular formula is C22H24F2N4O5S. The standard InChI is InChI=1S/C22H24F2N4O5S/c1-5-32-17-9-6-15(7-10-17)21-25-20(33-26-21)13-27(3)22(29)14(2)28(34(4,30)31)16-8-11-18(23)19(24)12-16/h6-12,14H,5,13H2,1-4H3/t14-/m0/s1. The highest BCUT2D eigenvalue weighted by Gasteiger charge is 2.32. The number of likely N-dealkylation sites (N-methyl/N-ethyl adjacent to an activating group) is 1. The van der Waals surface area contributed by atoms with Gasteiger partial charge in [0.15, 0.2) is 11.6 Å². The van der Waals surface area contributed by atoms with Crippen molar-refractivity contribution in [3.05, 3.63) is 60.0 Å². The molecule has 2 aromatic carbocycles. The zero-order valence-corrected chi connectivity index (χ0v) is 19.8. The van der Waals surface area contributed by atoms with Crippen LogP contribution in [-0.4, -0.2) is 55.3 Å². The van der Waals surface area contributed by atoms with Crippen LogP contribution in [-0.2, 0) is 21.4 Å². The predicted octanol–water partition coefficient (Wildman–Crippen LogP) is 3.23. The molecule has 1 amide bonds. The van der Waals surface area contributed by atoms with E-state index in [1.807, 2.05) is 6.92 Å². The van der Waals surface area contributed by atoms with E-state index in [0.29, 0.717) is 23.7 Å². The molecule has 9 nitrogen and oxygen atoms in total. The first-order valence-corrected chi connectivity index (χ1v) is 12.1. The van der Waals surface area contributed by atoms with Gasteiger partial charge >= 0.3 is 0 Å². The van der Waals surface area contributed by atoms with Gasteiger partial charge in [-0.15, -0.1) is 0 Å². The van der Waals surface area contributed by atoms with Crippen molar-refractivity contribution in [2.45, 2.75) is 26.4 Å². The average Bonchev–Trinajstić information content (AvgIpc) is 3.24. The van der Waals surface area contributed by atoms with E-state index >= 15 is 0 Å². The molecule has 0 aliphatic heterocycles. The molecule has 3 aromatic rings. The number of sulfonamides is 1. The van der Waals surface area contributed by atoms with Gasteiger partial charge in [-0.2, -0.15) is 4.98 Å². The molecule has 0 spiro atoms. The molecule has 182 valence electrons. The molecule has 12 heteroatoms. The van der Waals surface area contributed by atoms with Gasteiger partial charge in [-0.3, -0.25) is 9.10 Å². The van der Waals surface area contributed by atoms with E-state index in [2.05, 4.69) is 10.1 Å². The Labute approximate surface area is 196 Å². The Hall–Kier alpha value is -3.54. The van der Waals surface area contributed by atoms with Crippen LogP contribution >= 0.6 is 0 Å². The van der Waals surface area contributed by atoms with E-state index in [9.17, 15) is 22.0 Å². The maximum Gasteiger partial charge on any atom is 0.246 e. The summed E-state index contributed by atoms with van der Waals surface area (Å²) in [5, 5.41) is 3.91. The summed E-state index contributed by atoms with van der Waals surface area (Å²) in [5.41, 5.74) is 0.508. The normalized spacial score (nSPS) is 12.3. The van der Waals surface area contributed by atoms with Crippen molar-refractivity contribution in [2.24, 2.45) is 0 Å². The van der Waals surface area contributed by atoms with Gasteiger partial charge < -0.3 is 14.2 Å². The molecule has 1 atom stereocenters. The Kier molecular flexibility index (Phi) is 7.50. The Morgan fingerprint density at radius 3 is 2.41 bits per heavy atom. The predicted molar refractivity (Wildman–Crippen MR) is 121 cm³/mol. The van der Waals surface area contributed by atoms with Crippen molar-refractivity contribution in [3.63, 3.8) is 0 Å². The lowest BCUT2D eigenvalue weighted by molar-refractivity contribution is -0.131. The van der Waals surface area contributed by atoms with E-state index < -0.39 is 33.6 Å². The molecule has 0 radical (unpaired) electrons. The third-order valence-electron chi connectivity index (χ3n) is 4.86. The summed E-state index contributed by atoms with van der Waals surface area (Å²) < 4.78 is 63.1. The largest absolute Gasteiger partial charge is 0.494 e. The molecule has 0 fully saturated rings. The minimum absolute atomic E-state index is 0.0947. The van der Waals surface area contributed by atoms with Crippen molar-refractivity contribution < 1.29 is 31.3 Å². The highest BCUT2D eigenvalue weighted by atomic mass is 32.2. The Morgan fingerprint density at radius 2 is 1.82 bits per heavy atom. The number of anilines is 1. The van der Waals surface area contributed by atoms with Gasteiger partial charge in [0.2, 0.25) is 27.6 Å². The lowest BCUT2D eigenvalue weighted by Gasteiger charge is -2.30. The number of nitrogens with zero attached hydrogens (tertiary/aromatic N) is 4. The van der Waals surface area contributed by atoms with Crippen molar-refractivity contribution >= 4 is 21.6 Å². The summed E-state index contributed by atoms with van der Waals surface area (Å²) >= 11 is 0. The molecule has 0 bridgehead atoms. The highest BCUT2D eigenvalue weighted by molar-refractivity contribution is 7.92. The van der Waals surface area contributed by atoms with Gasteiger partial charge in [0.1, 0.15) is 11.8 Å². The number of halogens is 2. The molecule has 0 aliphatic carbocycles. The van der Waals surface area contributed by atoms with E-state index in [-0.39, 0.29) is 18.1 Å². The number of rotatable bonds is 9. The van der Waals surface area contributed by atoms with Gasteiger partial charge in [0.05, 0.1) is 25.1 Å². The number of carbonyl (C=O) groups is 1. The fourth-order valence-electron chi connectivity index (χ4n) is 3.33. The van der Waals surface area contributed by atoms with Crippen molar-refractivity contribution in [2.75, 3.05) is 24.2 Å². The van der Waals surface area contributed by atoms with Crippen molar-refractivity contribution in [1.82, 2.24) is 15.0 Å². The SMILES string of the molecule is CCOc1ccc(-c2noc(CN(C)C(=O)[C@H](C)N(c3ccc(F)c(F)c3)S(C)(=O)=O)n2)cc1. The molecule has 0 N–H and O–H groups in total. The second-order valence-corrected chi connectivity index (χ2v) is 9.36. The van der Waals surface area contributed by atoms with Crippen LogP contribution in [0.25, 0.3) is 11.4 Å². The fourth-order valence-corrected chi connectivity index (χ4v) is 4.49. The van der Waals surface area contributed by atoms with Crippen LogP contribution in [0.15, 0.2) is 47.0 Å². The first kappa shape index (κ1) is 25.1. The number of ether oxygens (including phenoxy) is 1. The number of carbonyl (C=O) groups excluding carboxylic acids is 1. The topological polar surface area (TPSA) is 106 Å².